The van der Waals surface area contributed by atoms with E-state index in [-0.39, 0.29) is 24.5 Å². The second-order valence-electron chi connectivity index (χ2n) is 12.9. The van der Waals surface area contributed by atoms with Crippen molar-refractivity contribution in [3.05, 3.63) is 52.8 Å². The summed E-state index contributed by atoms with van der Waals surface area (Å²) < 4.78 is 13.2. The number of carboxylic acid groups (broad SMARTS) is 1. The second-order valence-corrected chi connectivity index (χ2v) is 12.9. The Bertz CT molecular complexity index is 1520. The number of rotatable bonds is 17. The third-order valence-electron chi connectivity index (χ3n) is 9.52. The molecule has 0 unspecified atom stereocenters. The normalized spacial score (nSPS) is 15.3. The molecule has 2 aromatic heterocycles. The summed E-state index contributed by atoms with van der Waals surface area (Å²) in [6.45, 7) is 12.7. The van der Waals surface area contributed by atoms with Gasteiger partial charge in [0, 0.05) is 75.3 Å². The molecule has 2 aliphatic rings. The van der Waals surface area contributed by atoms with Gasteiger partial charge in [0.15, 0.2) is 5.65 Å². The van der Waals surface area contributed by atoms with Crippen molar-refractivity contribution in [3.8, 4) is 0 Å². The Labute approximate surface area is 301 Å². The number of fused-ring (bicyclic) bond motifs is 1. The Morgan fingerprint density at radius 3 is 2.37 bits per heavy atom. The summed E-state index contributed by atoms with van der Waals surface area (Å²) >= 11 is 0. The van der Waals surface area contributed by atoms with Gasteiger partial charge in [-0.3, -0.25) is 14.5 Å². The van der Waals surface area contributed by atoms with Crippen LogP contribution in [0.25, 0.3) is 11.0 Å². The average molecular weight is 709 g/mol. The van der Waals surface area contributed by atoms with E-state index in [2.05, 4.69) is 46.6 Å². The highest BCUT2D eigenvalue weighted by Gasteiger charge is 2.25. The Kier molecular flexibility index (Phi) is 16.4. The number of primary amides is 1. The molecule has 0 bridgehead atoms. The molecule has 5 rings (SSSR count). The van der Waals surface area contributed by atoms with E-state index in [0.717, 1.165) is 119 Å². The van der Waals surface area contributed by atoms with Crippen LogP contribution in [0.4, 0.5) is 10.5 Å². The topological polar surface area (TPSA) is 177 Å². The van der Waals surface area contributed by atoms with E-state index in [0.29, 0.717) is 31.7 Å². The minimum absolute atomic E-state index is 0.115. The number of nitrogens with one attached hydrogen (secondary N) is 2. The van der Waals surface area contributed by atoms with Crippen molar-refractivity contribution >= 4 is 35.1 Å². The number of aryl methyl sites for hydroxylation is 3. The number of likely N-dealkylation sites (tertiary alicyclic amines) is 1. The fourth-order valence-electron chi connectivity index (χ4n) is 6.60. The molecule has 0 aliphatic carbocycles. The highest BCUT2D eigenvalue weighted by atomic mass is 16.5. The van der Waals surface area contributed by atoms with Crippen LogP contribution < -0.4 is 16.4 Å². The number of morpholine rings is 1. The van der Waals surface area contributed by atoms with E-state index in [1.165, 1.54) is 12.0 Å². The van der Waals surface area contributed by atoms with E-state index in [4.69, 9.17) is 30.1 Å². The smallest absolute Gasteiger partial charge is 0.314 e. The lowest BCUT2D eigenvalue weighted by molar-refractivity contribution is -0.122. The number of amides is 3. The lowest BCUT2D eigenvalue weighted by atomic mass is 10.0. The van der Waals surface area contributed by atoms with Gasteiger partial charge in [-0.15, -0.1) is 0 Å². The van der Waals surface area contributed by atoms with Crippen molar-refractivity contribution in [1.29, 1.82) is 0 Å². The van der Waals surface area contributed by atoms with Gasteiger partial charge < -0.3 is 35.8 Å². The van der Waals surface area contributed by atoms with Gasteiger partial charge in [0.25, 0.3) is 12.4 Å². The van der Waals surface area contributed by atoms with Crippen LogP contribution in [-0.2, 0) is 40.2 Å². The fraction of sp³-hybridized carbons (Fsp3) is 0.595. The molecular weight excluding hydrogens is 652 g/mol. The highest BCUT2D eigenvalue weighted by molar-refractivity contribution is 5.95. The van der Waals surface area contributed by atoms with Crippen LogP contribution in [0.3, 0.4) is 0 Å². The first-order chi connectivity index (χ1) is 24.9. The van der Waals surface area contributed by atoms with Crippen LogP contribution >= 0.6 is 0 Å². The number of aromatic nitrogens is 3. The Hall–Kier alpha value is -4.27. The quantitative estimate of drug-likeness (QED) is 0.118. The Balaban J connectivity index is 0.00000188. The summed E-state index contributed by atoms with van der Waals surface area (Å²) in [6.07, 6.45) is 9.48. The molecule has 51 heavy (non-hydrogen) atoms. The predicted molar refractivity (Wildman–Crippen MR) is 197 cm³/mol. The lowest BCUT2D eigenvalue weighted by Gasteiger charge is -2.32. The molecule has 0 saturated carbocycles. The minimum Gasteiger partial charge on any atom is -0.483 e. The zero-order valence-electron chi connectivity index (χ0n) is 30.3. The molecule has 5 N–H and O–H groups in total. The number of nitrogens with zero attached hydrogens (tertiary/aromatic N) is 5. The van der Waals surface area contributed by atoms with Crippen LogP contribution in [0, 0.1) is 0 Å². The maximum Gasteiger partial charge on any atom is 0.314 e. The van der Waals surface area contributed by atoms with Crippen molar-refractivity contribution in [1.82, 2.24) is 29.9 Å². The number of carbonyl (C=O) groups is 3. The van der Waals surface area contributed by atoms with E-state index in [9.17, 15) is 9.59 Å². The van der Waals surface area contributed by atoms with Gasteiger partial charge in [0.2, 0.25) is 0 Å². The Morgan fingerprint density at radius 2 is 1.73 bits per heavy atom. The number of hydrogen-bond acceptors (Lipinski definition) is 9. The molecule has 1 aromatic carbocycles. The summed E-state index contributed by atoms with van der Waals surface area (Å²) in [5, 5.41) is 19.3. The van der Waals surface area contributed by atoms with Crippen molar-refractivity contribution in [2.75, 3.05) is 64.5 Å². The van der Waals surface area contributed by atoms with E-state index in [1.54, 1.807) is 4.90 Å². The molecule has 0 spiro atoms. The average Bonchev–Trinajstić information content (AvgIpc) is 3.57. The number of pyridine rings is 1. The van der Waals surface area contributed by atoms with E-state index >= 15 is 0 Å². The maximum atomic E-state index is 13.3. The van der Waals surface area contributed by atoms with Gasteiger partial charge in [0.1, 0.15) is 0 Å². The van der Waals surface area contributed by atoms with Crippen molar-refractivity contribution < 1.29 is 29.0 Å². The number of piperidine rings is 1. The second kappa shape index (κ2) is 21.2. The van der Waals surface area contributed by atoms with Crippen molar-refractivity contribution in [3.63, 3.8) is 0 Å². The van der Waals surface area contributed by atoms with Crippen LogP contribution in [-0.4, -0.2) is 113 Å². The van der Waals surface area contributed by atoms with Gasteiger partial charge in [-0.2, -0.15) is 5.10 Å². The third kappa shape index (κ3) is 11.9. The molecule has 2 saturated heterocycles. The molecule has 14 heteroatoms. The van der Waals surface area contributed by atoms with Gasteiger partial charge in [-0.05, 0) is 82.5 Å². The van der Waals surface area contributed by atoms with Crippen molar-refractivity contribution in [2.45, 2.75) is 84.3 Å². The summed E-state index contributed by atoms with van der Waals surface area (Å²) in [6, 6.07) is 7.72. The van der Waals surface area contributed by atoms with E-state index < -0.39 is 0 Å². The SMILES string of the molecule is CCc1nc2c(cnn2CC)c(NC2CCN(C(N)=O)CC2)c1CNC(=O)c1ccc(CCCCOCCCCN2CCOCC2)cc1.O=CO. The van der Waals surface area contributed by atoms with Crippen LogP contribution in [0.1, 0.15) is 79.6 Å². The number of anilines is 1. The molecule has 0 radical (unpaired) electrons. The van der Waals surface area contributed by atoms with Crippen LogP contribution in [0.5, 0.6) is 0 Å². The monoisotopic (exact) mass is 708 g/mol. The third-order valence-corrected chi connectivity index (χ3v) is 9.52. The Morgan fingerprint density at radius 1 is 1.04 bits per heavy atom. The molecule has 3 aromatic rings. The van der Waals surface area contributed by atoms with Gasteiger partial charge in [-0.1, -0.05) is 19.1 Å². The van der Waals surface area contributed by atoms with Gasteiger partial charge in [0.05, 0.1) is 30.5 Å². The number of unbranched alkanes of at least 4 members (excludes halogenated alkanes) is 2. The first-order valence-corrected chi connectivity index (χ1v) is 18.4. The first kappa shape index (κ1) is 39.5. The largest absolute Gasteiger partial charge is 0.483 e. The van der Waals surface area contributed by atoms with Crippen molar-refractivity contribution in [2.24, 2.45) is 5.73 Å². The first-order valence-electron chi connectivity index (χ1n) is 18.4. The van der Waals surface area contributed by atoms with E-state index in [1.807, 2.05) is 23.0 Å². The molecule has 4 heterocycles. The standard InChI is InChI=1S/C36H54N8O4.CH2O2/c1-3-32-30(33(31-26-39-44(4-2)34(31)41-32)40-29-14-17-43(18-15-29)36(37)46)25-38-35(45)28-12-10-27(11-13-28)9-5-7-21-47-22-8-6-16-42-19-23-48-24-20-42;2-1-3/h10-13,26,29H,3-9,14-25H2,1-2H3,(H2,37,46)(H,38,45)(H,40,41);1H,(H,2,3). The molecule has 2 aliphatic heterocycles. The number of urea groups is 1. The number of benzene rings is 1. The molecular formula is C37H56N8O6. The number of carbonyl (C=O) groups excluding carboxylic acids is 2. The number of hydrogen-bond donors (Lipinski definition) is 4. The number of ether oxygens (including phenoxy) is 2. The fourth-order valence-corrected chi connectivity index (χ4v) is 6.60. The summed E-state index contributed by atoms with van der Waals surface area (Å²) in [5.41, 5.74) is 11.1. The van der Waals surface area contributed by atoms with Gasteiger partial charge >= 0.3 is 6.03 Å². The predicted octanol–water partition coefficient (Wildman–Crippen LogP) is 4.05. The summed E-state index contributed by atoms with van der Waals surface area (Å²) in [4.78, 5) is 42.4. The molecule has 0 atom stereocenters. The maximum absolute atomic E-state index is 13.3. The number of nitrogens with two attached hydrogens (primary N) is 1. The molecule has 14 nitrogen and oxygen atoms in total. The zero-order chi connectivity index (χ0) is 36.4. The minimum atomic E-state index is -0.375. The molecule has 2 fully saturated rings. The summed E-state index contributed by atoms with van der Waals surface area (Å²) in [5.74, 6) is -0.115. The lowest BCUT2D eigenvalue weighted by Crippen LogP contribution is -2.44. The molecule has 3 amide bonds. The molecule has 280 valence electrons. The zero-order valence-corrected chi connectivity index (χ0v) is 30.3. The highest BCUT2D eigenvalue weighted by Crippen LogP contribution is 2.31. The summed E-state index contributed by atoms with van der Waals surface area (Å²) in [7, 11) is 0. The van der Waals surface area contributed by atoms with Crippen LogP contribution in [0.2, 0.25) is 0 Å². The van der Waals surface area contributed by atoms with Crippen LogP contribution in [0.15, 0.2) is 30.5 Å². The van der Waals surface area contributed by atoms with Gasteiger partial charge in [-0.25, -0.2) is 14.5 Å².